The van der Waals surface area contributed by atoms with E-state index in [1.807, 2.05) is 13.8 Å². The molecule has 0 fully saturated rings. The van der Waals surface area contributed by atoms with Crippen molar-refractivity contribution in [2.24, 2.45) is 11.8 Å². The van der Waals surface area contributed by atoms with Crippen LogP contribution in [-0.2, 0) is 4.79 Å². The maximum Gasteiger partial charge on any atom is 0.158 e. The Hall–Kier alpha value is -0.790. The molecule has 7 atom stereocenters. The number of hydrogen-bond donors (Lipinski definition) is 5. The van der Waals surface area contributed by atoms with E-state index in [2.05, 4.69) is 6.58 Å². The molecule has 0 aliphatic heterocycles. The van der Waals surface area contributed by atoms with Crippen LogP contribution < -0.4 is 0 Å². The summed E-state index contributed by atoms with van der Waals surface area (Å²) in [6.45, 7) is 8.84. The monoisotopic (exact) mass is 402 g/mol. The van der Waals surface area contributed by atoms with Gasteiger partial charge < -0.3 is 25.5 Å². The Labute approximate surface area is 170 Å². The van der Waals surface area contributed by atoms with E-state index in [1.54, 1.807) is 6.08 Å². The largest absolute Gasteiger partial charge is 0.393 e. The van der Waals surface area contributed by atoms with E-state index in [-0.39, 0.29) is 24.0 Å². The minimum absolute atomic E-state index is 0.00179. The van der Waals surface area contributed by atoms with Crippen LogP contribution in [0.25, 0.3) is 0 Å². The molecule has 0 aromatic carbocycles. The van der Waals surface area contributed by atoms with Crippen LogP contribution in [0, 0.1) is 11.8 Å². The summed E-state index contributed by atoms with van der Waals surface area (Å²) < 4.78 is 0. The van der Waals surface area contributed by atoms with Crippen LogP contribution in [0.15, 0.2) is 12.7 Å². The average Bonchev–Trinajstić information content (AvgIpc) is 2.62. The zero-order chi connectivity index (χ0) is 21.7. The summed E-state index contributed by atoms with van der Waals surface area (Å²) in [5.74, 6) is -0.258. The Bertz CT molecular complexity index is 427. The van der Waals surface area contributed by atoms with Crippen LogP contribution >= 0.6 is 0 Å². The number of carbonyl (C=O) groups excluding carboxylic acids is 1. The van der Waals surface area contributed by atoms with Crippen LogP contribution in [0.5, 0.6) is 0 Å². The fourth-order valence-corrected chi connectivity index (χ4v) is 3.46. The predicted octanol–water partition coefficient (Wildman–Crippen LogP) is 2.35. The summed E-state index contributed by atoms with van der Waals surface area (Å²) in [7, 11) is 0. The van der Waals surface area contributed by atoms with Gasteiger partial charge in [-0.2, -0.15) is 0 Å². The minimum atomic E-state index is -1.11. The van der Waals surface area contributed by atoms with Crippen molar-refractivity contribution in [2.45, 2.75) is 109 Å². The SMILES string of the molecule is C=CCCC(C)C(O)C(O)CC(C)CC(O)CCCCC(O)CC(O)C(C)=O. The molecule has 6 nitrogen and oxygen atoms in total. The molecular weight excluding hydrogens is 360 g/mol. The highest BCUT2D eigenvalue weighted by molar-refractivity contribution is 5.80. The molecule has 0 spiro atoms. The van der Waals surface area contributed by atoms with Gasteiger partial charge in [0.25, 0.3) is 0 Å². The molecular formula is C22H42O6. The second-order valence-electron chi connectivity index (χ2n) is 8.43. The molecule has 0 heterocycles. The lowest BCUT2D eigenvalue weighted by atomic mass is 9.88. The fourth-order valence-electron chi connectivity index (χ4n) is 3.46. The van der Waals surface area contributed by atoms with Gasteiger partial charge in [0.15, 0.2) is 5.78 Å². The van der Waals surface area contributed by atoms with Gasteiger partial charge in [-0.25, -0.2) is 0 Å². The number of Topliss-reactive ketones (excluding diaryl/α,β-unsaturated/α-hetero) is 1. The third-order valence-corrected chi connectivity index (χ3v) is 5.41. The van der Waals surface area contributed by atoms with Crippen LogP contribution in [0.3, 0.4) is 0 Å². The Morgan fingerprint density at radius 1 is 0.893 bits per heavy atom. The minimum Gasteiger partial charge on any atom is -0.393 e. The van der Waals surface area contributed by atoms with Gasteiger partial charge in [0.2, 0.25) is 0 Å². The first-order chi connectivity index (χ1) is 13.1. The van der Waals surface area contributed by atoms with Gasteiger partial charge in [0.1, 0.15) is 6.10 Å². The van der Waals surface area contributed by atoms with E-state index in [0.29, 0.717) is 32.1 Å². The lowest BCUT2D eigenvalue weighted by Gasteiger charge is -2.26. The topological polar surface area (TPSA) is 118 Å². The van der Waals surface area contributed by atoms with E-state index in [1.165, 1.54) is 6.92 Å². The molecule has 166 valence electrons. The van der Waals surface area contributed by atoms with Gasteiger partial charge in [-0.3, -0.25) is 4.79 Å². The molecule has 0 radical (unpaired) electrons. The van der Waals surface area contributed by atoms with Gasteiger partial charge in [-0.1, -0.05) is 32.8 Å². The van der Waals surface area contributed by atoms with Crippen molar-refractivity contribution in [2.75, 3.05) is 0 Å². The lowest BCUT2D eigenvalue weighted by Crippen LogP contribution is -2.34. The van der Waals surface area contributed by atoms with Gasteiger partial charge in [-0.05, 0) is 57.3 Å². The number of unbranched alkanes of at least 4 members (excludes halogenated alkanes) is 1. The number of aliphatic hydroxyl groups is 5. The average molecular weight is 403 g/mol. The first-order valence-electron chi connectivity index (χ1n) is 10.6. The number of hydrogen-bond acceptors (Lipinski definition) is 6. The number of ketones is 1. The van der Waals surface area contributed by atoms with E-state index in [0.717, 1.165) is 19.3 Å². The van der Waals surface area contributed by atoms with E-state index in [4.69, 9.17) is 0 Å². The highest BCUT2D eigenvalue weighted by Gasteiger charge is 2.25. The second kappa shape index (κ2) is 15.1. The van der Waals surface area contributed by atoms with Crippen molar-refractivity contribution in [3.63, 3.8) is 0 Å². The van der Waals surface area contributed by atoms with Crippen molar-refractivity contribution >= 4 is 5.78 Å². The summed E-state index contributed by atoms with van der Waals surface area (Å²) in [4.78, 5) is 11.0. The van der Waals surface area contributed by atoms with Crippen molar-refractivity contribution < 1.29 is 30.3 Å². The molecule has 0 aromatic rings. The van der Waals surface area contributed by atoms with E-state index >= 15 is 0 Å². The van der Waals surface area contributed by atoms with E-state index in [9.17, 15) is 30.3 Å². The molecule has 0 saturated carbocycles. The van der Waals surface area contributed by atoms with Crippen LogP contribution in [0.1, 0.15) is 78.6 Å². The van der Waals surface area contributed by atoms with Crippen LogP contribution in [0.2, 0.25) is 0 Å². The number of carbonyl (C=O) groups is 1. The molecule has 0 aliphatic carbocycles. The lowest BCUT2D eigenvalue weighted by molar-refractivity contribution is -0.126. The van der Waals surface area contributed by atoms with Gasteiger partial charge in [0, 0.05) is 6.42 Å². The Morgan fingerprint density at radius 2 is 1.43 bits per heavy atom. The van der Waals surface area contributed by atoms with Crippen LogP contribution in [0.4, 0.5) is 0 Å². The first kappa shape index (κ1) is 27.2. The maximum absolute atomic E-state index is 11.0. The molecule has 0 aliphatic rings. The van der Waals surface area contributed by atoms with Gasteiger partial charge in [-0.15, -0.1) is 6.58 Å². The van der Waals surface area contributed by atoms with Crippen molar-refractivity contribution in [3.8, 4) is 0 Å². The Balaban J connectivity index is 4.00. The fraction of sp³-hybridized carbons (Fsp3) is 0.864. The summed E-state index contributed by atoms with van der Waals surface area (Å²) in [6, 6.07) is 0. The normalized spacial score (nSPS) is 19.3. The Morgan fingerprint density at radius 3 is 1.93 bits per heavy atom. The maximum atomic E-state index is 11.0. The Kier molecular flexibility index (Phi) is 14.7. The highest BCUT2D eigenvalue weighted by atomic mass is 16.3. The molecule has 0 bridgehead atoms. The highest BCUT2D eigenvalue weighted by Crippen LogP contribution is 2.22. The second-order valence-corrected chi connectivity index (χ2v) is 8.43. The third kappa shape index (κ3) is 12.6. The first-order valence-corrected chi connectivity index (χ1v) is 10.6. The summed E-state index contributed by atoms with van der Waals surface area (Å²) in [5, 5.41) is 49.8. The van der Waals surface area contributed by atoms with Crippen molar-refractivity contribution in [3.05, 3.63) is 12.7 Å². The summed E-state index contributed by atoms with van der Waals surface area (Å²) in [6.07, 6.45) is 3.10. The molecule has 6 heteroatoms. The molecule has 0 aromatic heterocycles. The standard InChI is InChI=1S/C22H42O6/c1-5-6-9-16(3)22(28)21(27)13-15(2)12-18(24)10-7-8-11-19(25)14-20(26)17(4)23/h5,15-16,18-22,24-28H,1,6-14H2,2-4H3. The molecule has 28 heavy (non-hydrogen) atoms. The zero-order valence-electron chi connectivity index (χ0n) is 17.8. The van der Waals surface area contributed by atoms with Gasteiger partial charge >= 0.3 is 0 Å². The van der Waals surface area contributed by atoms with Crippen molar-refractivity contribution in [1.82, 2.24) is 0 Å². The van der Waals surface area contributed by atoms with E-state index < -0.39 is 30.5 Å². The molecule has 0 amide bonds. The molecule has 5 N–H and O–H groups in total. The van der Waals surface area contributed by atoms with Crippen molar-refractivity contribution in [1.29, 1.82) is 0 Å². The predicted molar refractivity (Wildman–Crippen MR) is 111 cm³/mol. The summed E-state index contributed by atoms with van der Waals surface area (Å²) in [5.41, 5.74) is 0. The van der Waals surface area contributed by atoms with Gasteiger partial charge in [0.05, 0.1) is 24.4 Å². The third-order valence-electron chi connectivity index (χ3n) is 5.41. The summed E-state index contributed by atoms with van der Waals surface area (Å²) >= 11 is 0. The van der Waals surface area contributed by atoms with Crippen LogP contribution in [-0.4, -0.2) is 61.8 Å². The number of allylic oxidation sites excluding steroid dienone is 1. The number of rotatable bonds is 17. The number of aliphatic hydroxyl groups excluding tert-OH is 5. The smallest absolute Gasteiger partial charge is 0.158 e. The molecule has 0 rings (SSSR count). The quantitative estimate of drug-likeness (QED) is 0.188. The zero-order valence-corrected chi connectivity index (χ0v) is 17.8. The molecule has 7 unspecified atom stereocenters. The molecule has 0 saturated heterocycles.